The van der Waals surface area contributed by atoms with Crippen molar-refractivity contribution in [2.24, 2.45) is 0 Å². The third-order valence-corrected chi connectivity index (χ3v) is 4.26. The van der Waals surface area contributed by atoms with Gasteiger partial charge < -0.3 is 10.1 Å². The number of hydrogen-bond acceptors (Lipinski definition) is 3. The SMILES string of the molecule is O=C(COC(=O)/C=C/c1ccc(Cl)cc1)Nc1ccc2c(c1)CCC2. The molecule has 0 spiro atoms. The van der Waals surface area contributed by atoms with Crippen molar-refractivity contribution in [1.82, 2.24) is 0 Å². The first-order valence-corrected chi connectivity index (χ1v) is 8.50. The van der Waals surface area contributed by atoms with Gasteiger partial charge in [0.1, 0.15) is 0 Å². The number of benzene rings is 2. The van der Waals surface area contributed by atoms with Crippen molar-refractivity contribution >= 4 is 35.2 Å². The predicted octanol–water partition coefficient (Wildman–Crippen LogP) is 4.02. The molecular formula is C20H18ClNO3. The van der Waals surface area contributed by atoms with Crippen LogP contribution in [0.25, 0.3) is 6.08 Å². The molecule has 3 rings (SSSR count). The molecule has 128 valence electrons. The summed E-state index contributed by atoms with van der Waals surface area (Å²) in [6.45, 7) is -0.319. The van der Waals surface area contributed by atoms with Crippen LogP contribution in [0.1, 0.15) is 23.1 Å². The lowest BCUT2D eigenvalue weighted by Crippen LogP contribution is -2.20. The number of amides is 1. The summed E-state index contributed by atoms with van der Waals surface area (Å²) in [7, 11) is 0. The Morgan fingerprint density at radius 3 is 2.64 bits per heavy atom. The zero-order chi connectivity index (χ0) is 17.6. The van der Waals surface area contributed by atoms with Crippen molar-refractivity contribution in [2.45, 2.75) is 19.3 Å². The topological polar surface area (TPSA) is 55.4 Å². The second-order valence-corrected chi connectivity index (χ2v) is 6.31. The lowest BCUT2D eigenvalue weighted by atomic mass is 10.1. The molecule has 1 N–H and O–H groups in total. The Morgan fingerprint density at radius 1 is 1.08 bits per heavy atom. The number of carbonyl (C=O) groups excluding carboxylic acids is 2. The fraction of sp³-hybridized carbons (Fsp3) is 0.200. The van der Waals surface area contributed by atoms with Crippen LogP contribution in [0, 0.1) is 0 Å². The molecule has 0 aromatic heterocycles. The maximum atomic E-state index is 11.9. The normalized spacial score (nSPS) is 12.8. The van der Waals surface area contributed by atoms with Gasteiger partial charge in [-0.1, -0.05) is 29.8 Å². The average molecular weight is 356 g/mol. The summed E-state index contributed by atoms with van der Waals surface area (Å²) >= 11 is 5.80. The first kappa shape index (κ1) is 17.2. The monoisotopic (exact) mass is 355 g/mol. The van der Waals surface area contributed by atoms with Crippen LogP contribution in [0.5, 0.6) is 0 Å². The molecule has 25 heavy (non-hydrogen) atoms. The molecule has 0 unspecified atom stereocenters. The Kier molecular flexibility index (Phi) is 5.51. The van der Waals surface area contributed by atoms with Crippen LogP contribution in [0.4, 0.5) is 5.69 Å². The van der Waals surface area contributed by atoms with E-state index in [9.17, 15) is 9.59 Å². The van der Waals surface area contributed by atoms with Crippen molar-refractivity contribution in [3.63, 3.8) is 0 Å². The summed E-state index contributed by atoms with van der Waals surface area (Å²) in [5.41, 5.74) is 4.18. The molecule has 2 aromatic carbocycles. The van der Waals surface area contributed by atoms with Gasteiger partial charge in [0.25, 0.3) is 5.91 Å². The summed E-state index contributed by atoms with van der Waals surface area (Å²) in [6.07, 6.45) is 6.19. The molecule has 0 saturated carbocycles. The highest BCUT2D eigenvalue weighted by Gasteiger charge is 2.12. The first-order valence-electron chi connectivity index (χ1n) is 8.12. The van der Waals surface area contributed by atoms with Crippen LogP contribution >= 0.6 is 11.6 Å². The number of halogens is 1. The molecule has 0 radical (unpaired) electrons. The van der Waals surface area contributed by atoms with Crippen molar-refractivity contribution in [3.05, 3.63) is 70.3 Å². The van der Waals surface area contributed by atoms with E-state index in [0.717, 1.165) is 30.5 Å². The molecule has 2 aromatic rings. The van der Waals surface area contributed by atoms with Gasteiger partial charge in [0.15, 0.2) is 6.61 Å². The van der Waals surface area contributed by atoms with Gasteiger partial charge in [0, 0.05) is 16.8 Å². The zero-order valence-corrected chi connectivity index (χ0v) is 14.4. The quantitative estimate of drug-likeness (QED) is 0.651. The van der Waals surface area contributed by atoms with Crippen molar-refractivity contribution < 1.29 is 14.3 Å². The van der Waals surface area contributed by atoms with Crippen LogP contribution < -0.4 is 5.32 Å². The number of carbonyl (C=O) groups is 2. The van der Waals surface area contributed by atoms with E-state index in [1.165, 1.54) is 17.2 Å². The predicted molar refractivity (Wildman–Crippen MR) is 98.5 cm³/mol. The fourth-order valence-electron chi connectivity index (χ4n) is 2.77. The van der Waals surface area contributed by atoms with E-state index in [1.54, 1.807) is 30.3 Å². The minimum absolute atomic E-state index is 0.319. The van der Waals surface area contributed by atoms with Gasteiger partial charge in [-0.15, -0.1) is 0 Å². The van der Waals surface area contributed by atoms with Gasteiger partial charge in [-0.2, -0.15) is 0 Å². The van der Waals surface area contributed by atoms with E-state index in [4.69, 9.17) is 16.3 Å². The number of esters is 1. The van der Waals surface area contributed by atoms with Gasteiger partial charge in [0.05, 0.1) is 0 Å². The van der Waals surface area contributed by atoms with Crippen LogP contribution in [-0.2, 0) is 27.2 Å². The second-order valence-electron chi connectivity index (χ2n) is 5.88. The lowest BCUT2D eigenvalue weighted by Gasteiger charge is -2.07. The van der Waals surface area contributed by atoms with Crippen LogP contribution in [0.3, 0.4) is 0 Å². The molecule has 5 heteroatoms. The third kappa shape index (κ3) is 4.94. The molecule has 1 amide bonds. The molecule has 0 atom stereocenters. The third-order valence-electron chi connectivity index (χ3n) is 4.01. The van der Waals surface area contributed by atoms with Crippen molar-refractivity contribution in [3.8, 4) is 0 Å². The van der Waals surface area contributed by atoms with Gasteiger partial charge in [-0.25, -0.2) is 4.79 Å². The highest BCUT2D eigenvalue weighted by molar-refractivity contribution is 6.30. The number of nitrogens with one attached hydrogen (secondary N) is 1. The number of ether oxygens (including phenoxy) is 1. The molecule has 1 aliphatic rings. The number of hydrogen-bond donors (Lipinski definition) is 1. The van der Waals surface area contributed by atoms with E-state index in [2.05, 4.69) is 5.32 Å². The molecule has 0 heterocycles. The summed E-state index contributed by atoms with van der Waals surface area (Å²) in [4.78, 5) is 23.6. The summed E-state index contributed by atoms with van der Waals surface area (Å²) in [6, 6.07) is 12.9. The summed E-state index contributed by atoms with van der Waals surface area (Å²) < 4.78 is 4.95. The van der Waals surface area contributed by atoms with Crippen LogP contribution in [-0.4, -0.2) is 18.5 Å². The van der Waals surface area contributed by atoms with Gasteiger partial charge in [0.2, 0.25) is 0 Å². The van der Waals surface area contributed by atoms with Crippen molar-refractivity contribution in [2.75, 3.05) is 11.9 Å². The Morgan fingerprint density at radius 2 is 1.84 bits per heavy atom. The second kappa shape index (κ2) is 7.99. The highest BCUT2D eigenvalue weighted by Crippen LogP contribution is 2.24. The minimum Gasteiger partial charge on any atom is -0.452 e. The van der Waals surface area contributed by atoms with E-state index >= 15 is 0 Å². The molecule has 0 bridgehead atoms. The Hall–Kier alpha value is -2.59. The lowest BCUT2D eigenvalue weighted by molar-refractivity contribution is -0.142. The minimum atomic E-state index is -0.570. The maximum Gasteiger partial charge on any atom is 0.331 e. The van der Waals surface area contributed by atoms with Crippen LogP contribution in [0.15, 0.2) is 48.5 Å². The number of rotatable bonds is 5. The van der Waals surface area contributed by atoms with Crippen molar-refractivity contribution in [1.29, 1.82) is 0 Å². The molecule has 1 aliphatic carbocycles. The fourth-order valence-corrected chi connectivity index (χ4v) is 2.90. The average Bonchev–Trinajstić information content (AvgIpc) is 3.07. The molecule has 0 aliphatic heterocycles. The van der Waals surface area contributed by atoms with Crippen LogP contribution in [0.2, 0.25) is 5.02 Å². The van der Waals surface area contributed by atoms with Gasteiger partial charge >= 0.3 is 5.97 Å². The smallest absolute Gasteiger partial charge is 0.331 e. The summed E-state index contributed by atoms with van der Waals surface area (Å²) in [5.74, 6) is -0.926. The number of anilines is 1. The van der Waals surface area contributed by atoms with E-state index < -0.39 is 5.97 Å². The molecule has 4 nitrogen and oxygen atoms in total. The summed E-state index contributed by atoms with van der Waals surface area (Å²) in [5, 5.41) is 3.38. The zero-order valence-electron chi connectivity index (χ0n) is 13.6. The largest absolute Gasteiger partial charge is 0.452 e. The maximum absolute atomic E-state index is 11.9. The molecular weight excluding hydrogens is 338 g/mol. The van der Waals surface area contributed by atoms with Gasteiger partial charge in [-0.3, -0.25) is 4.79 Å². The van der Waals surface area contributed by atoms with E-state index in [-0.39, 0.29) is 12.5 Å². The van der Waals surface area contributed by atoms with Gasteiger partial charge in [-0.05, 0) is 66.3 Å². The first-order chi connectivity index (χ1) is 12.1. The van der Waals surface area contributed by atoms with E-state index in [1.807, 2.05) is 18.2 Å². The molecule has 0 saturated heterocycles. The number of fused-ring (bicyclic) bond motifs is 1. The Bertz CT molecular complexity index is 812. The van der Waals surface area contributed by atoms with E-state index in [0.29, 0.717) is 5.02 Å². The Labute approximate surface area is 151 Å². The standard InChI is InChI=1S/C20H18ClNO3/c21-17-8-4-14(5-9-17)6-11-20(24)25-13-19(23)22-18-10-7-15-2-1-3-16(15)12-18/h4-12H,1-3,13H2,(H,22,23)/b11-6+. The Balaban J connectivity index is 1.47. The molecule has 0 fully saturated rings. The number of aryl methyl sites for hydroxylation is 2. The highest BCUT2D eigenvalue weighted by atomic mass is 35.5.